The van der Waals surface area contributed by atoms with Crippen LogP contribution in [0.1, 0.15) is 97.3 Å². The minimum atomic E-state index is -1.12. The van der Waals surface area contributed by atoms with Gasteiger partial charge in [0, 0.05) is 85.2 Å². The Kier molecular flexibility index (Phi) is 13.0. The Labute approximate surface area is 391 Å². The molecule has 3 atom stereocenters. The lowest BCUT2D eigenvalue weighted by Crippen LogP contribution is -2.49. The number of hydrogen-bond acceptors (Lipinski definition) is 10. The van der Waals surface area contributed by atoms with Crippen LogP contribution in [-0.2, 0) is 27.0 Å². The summed E-state index contributed by atoms with van der Waals surface area (Å²) in [6.07, 6.45) is 5.09. The van der Waals surface area contributed by atoms with E-state index in [1.807, 2.05) is 61.1 Å². The lowest BCUT2D eigenvalue weighted by Gasteiger charge is -2.38. The van der Waals surface area contributed by atoms with Crippen LogP contribution in [0.5, 0.6) is 11.5 Å². The molecule has 1 aromatic heterocycles. The first kappa shape index (κ1) is 46.0. The highest BCUT2D eigenvalue weighted by atomic mass is 35.5. The molecule has 4 amide bonds. The first-order valence-corrected chi connectivity index (χ1v) is 23.4. The molecule has 67 heavy (non-hydrogen) atoms. The van der Waals surface area contributed by atoms with Crippen molar-refractivity contribution in [2.75, 3.05) is 37.7 Å². The van der Waals surface area contributed by atoms with Gasteiger partial charge in [-0.15, -0.1) is 0 Å². The van der Waals surface area contributed by atoms with Crippen molar-refractivity contribution in [3.63, 3.8) is 0 Å². The SMILES string of the molecule is C[C@H]1c2c(cc(F)c(Cl)c2-c2c(C(N)=O)ccc(OCCO)c2F)O[C@]1(CNC1CCC(C(=O)NC2CCN(c3cccc4c(C5CCC(=O)NC5=O)nn(C)c34)CC2)CC1)c1ccccc1. The van der Waals surface area contributed by atoms with E-state index in [9.17, 15) is 24.3 Å². The van der Waals surface area contributed by atoms with Crippen molar-refractivity contribution in [3.05, 3.63) is 106 Å². The number of nitrogens with two attached hydrogens (primary N) is 1. The van der Waals surface area contributed by atoms with Crippen molar-refractivity contribution in [2.45, 2.75) is 87.8 Å². The van der Waals surface area contributed by atoms with Gasteiger partial charge in [0.2, 0.25) is 23.6 Å². The summed E-state index contributed by atoms with van der Waals surface area (Å²) in [7, 11) is 1.88. The summed E-state index contributed by atoms with van der Waals surface area (Å²) in [6.45, 7) is 3.04. The number of carbonyl (C=O) groups is 4. The molecule has 1 aliphatic carbocycles. The number of aliphatic hydroxyl groups is 1. The van der Waals surface area contributed by atoms with Crippen LogP contribution in [0.15, 0.2) is 66.7 Å². The maximum Gasteiger partial charge on any atom is 0.249 e. The molecule has 0 radical (unpaired) electrons. The summed E-state index contributed by atoms with van der Waals surface area (Å²) >= 11 is 6.71. The Hall–Kier alpha value is -6.10. The van der Waals surface area contributed by atoms with Gasteiger partial charge in [-0.25, -0.2) is 8.78 Å². The van der Waals surface area contributed by atoms with E-state index in [2.05, 4.69) is 26.9 Å². The summed E-state index contributed by atoms with van der Waals surface area (Å²) in [4.78, 5) is 53.3. The van der Waals surface area contributed by atoms with Gasteiger partial charge in [0.05, 0.1) is 40.0 Å². The maximum absolute atomic E-state index is 16.4. The third-order valence-corrected chi connectivity index (χ3v) is 14.6. The summed E-state index contributed by atoms with van der Waals surface area (Å²) in [5, 5.41) is 24.1. The zero-order valence-corrected chi connectivity index (χ0v) is 38.1. The number of fused-ring (bicyclic) bond motifs is 2. The van der Waals surface area contributed by atoms with Gasteiger partial charge in [-0.1, -0.05) is 61.0 Å². The average Bonchev–Trinajstić information content (AvgIpc) is 3.81. The fraction of sp³-hybridized carbons (Fsp3) is 0.420. The number of aryl methyl sites for hydroxylation is 1. The number of amides is 4. The number of ether oxygens (including phenoxy) is 2. The molecular formula is C50H54ClF2N7O7. The first-order chi connectivity index (χ1) is 32.3. The topological polar surface area (TPSA) is 190 Å². The number of rotatable bonds is 13. The zero-order chi connectivity index (χ0) is 47.1. The number of imide groups is 1. The third-order valence-electron chi connectivity index (χ3n) is 14.3. The molecule has 3 fully saturated rings. The van der Waals surface area contributed by atoms with Crippen LogP contribution in [0.2, 0.25) is 5.02 Å². The van der Waals surface area contributed by atoms with E-state index >= 15 is 8.78 Å². The van der Waals surface area contributed by atoms with E-state index in [1.54, 1.807) is 0 Å². The van der Waals surface area contributed by atoms with E-state index in [4.69, 9.17) is 31.9 Å². The van der Waals surface area contributed by atoms with Crippen LogP contribution in [-0.4, -0.2) is 83.4 Å². The fourth-order valence-corrected chi connectivity index (χ4v) is 11.0. The molecule has 9 rings (SSSR count). The molecule has 4 aliphatic rings. The standard InChI is InChI=1S/C50H54ClF2N7O7/c1-27-40-38(25-35(52)43(51)42(40)41-32(47(54)63)15-17-37(44(41)53)66-24-23-61)67-50(27,29-7-4-3-5-8-29)26-55-30-13-11-28(12-14-30)48(64)56-31-19-21-60(22-20-31)36-10-6-9-33-45(58-59(2)46(33)36)34-16-18-39(62)57-49(34)65/h3-10,15,17,25,27-28,30-31,34,55,61H,11-14,16,18-24,26H2,1-2H3,(H2,54,63)(H,56,64)(H,57,62,65)/t27-,28?,30?,34?,50-/m0/s1. The van der Waals surface area contributed by atoms with Crippen molar-refractivity contribution in [1.82, 2.24) is 25.7 Å². The summed E-state index contributed by atoms with van der Waals surface area (Å²) < 4.78 is 46.3. The summed E-state index contributed by atoms with van der Waals surface area (Å²) in [6, 6.07) is 19.3. The van der Waals surface area contributed by atoms with Crippen molar-refractivity contribution >= 4 is 51.8 Å². The molecule has 1 saturated carbocycles. The molecule has 4 aromatic carbocycles. The molecule has 17 heteroatoms. The van der Waals surface area contributed by atoms with E-state index < -0.39 is 40.0 Å². The molecule has 0 bridgehead atoms. The van der Waals surface area contributed by atoms with Crippen molar-refractivity contribution in [3.8, 4) is 22.6 Å². The molecule has 14 nitrogen and oxygen atoms in total. The Morgan fingerprint density at radius 3 is 2.43 bits per heavy atom. The second-order valence-corrected chi connectivity index (χ2v) is 18.5. The number of benzene rings is 4. The van der Waals surface area contributed by atoms with E-state index in [0.29, 0.717) is 30.5 Å². The van der Waals surface area contributed by atoms with Crippen LogP contribution in [0.3, 0.4) is 0 Å². The molecule has 6 N–H and O–H groups in total. The zero-order valence-electron chi connectivity index (χ0n) is 37.4. The van der Waals surface area contributed by atoms with Crippen molar-refractivity contribution in [1.29, 1.82) is 0 Å². The Bertz CT molecular complexity index is 2740. The second-order valence-electron chi connectivity index (χ2n) is 18.2. The Morgan fingerprint density at radius 1 is 0.985 bits per heavy atom. The number of hydrogen-bond donors (Lipinski definition) is 5. The van der Waals surface area contributed by atoms with Crippen LogP contribution in [0, 0.1) is 17.6 Å². The molecule has 1 unspecified atom stereocenters. The number of nitrogens with one attached hydrogen (secondary N) is 3. The van der Waals surface area contributed by atoms with Gasteiger partial charge >= 0.3 is 0 Å². The van der Waals surface area contributed by atoms with Gasteiger partial charge in [-0.2, -0.15) is 5.10 Å². The molecule has 3 aliphatic heterocycles. The van der Waals surface area contributed by atoms with Crippen LogP contribution >= 0.6 is 11.6 Å². The highest BCUT2D eigenvalue weighted by Gasteiger charge is 2.50. The molecule has 5 aromatic rings. The maximum atomic E-state index is 16.4. The lowest BCUT2D eigenvalue weighted by atomic mass is 9.77. The number of anilines is 1. The highest BCUT2D eigenvalue weighted by molar-refractivity contribution is 6.34. The molecule has 2 saturated heterocycles. The van der Waals surface area contributed by atoms with Gasteiger partial charge in [0.1, 0.15) is 18.2 Å². The molecular weight excluding hydrogens is 884 g/mol. The van der Waals surface area contributed by atoms with E-state index in [1.165, 1.54) is 18.2 Å². The predicted molar refractivity (Wildman–Crippen MR) is 248 cm³/mol. The number of nitrogens with zero attached hydrogens (tertiary/aromatic N) is 3. The number of piperidine rings is 2. The van der Waals surface area contributed by atoms with Crippen LogP contribution < -0.4 is 36.1 Å². The van der Waals surface area contributed by atoms with Gasteiger partial charge in [-0.3, -0.25) is 29.2 Å². The van der Waals surface area contributed by atoms with Gasteiger partial charge in [-0.05, 0) is 68.7 Å². The average molecular weight is 938 g/mol. The molecule has 4 heterocycles. The van der Waals surface area contributed by atoms with Crippen molar-refractivity contribution in [2.24, 2.45) is 18.7 Å². The number of primary amides is 1. The molecule has 0 spiro atoms. The largest absolute Gasteiger partial charge is 0.488 e. The summed E-state index contributed by atoms with van der Waals surface area (Å²) in [5.41, 5.74) is 7.86. The monoisotopic (exact) mass is 937 g/mol. The van der Waals surface area contributed by atoms with Crippen LogP contribution in [0.4, 0.5) is 14.5 Å². The highest BCUT2D eigenvalue weighted by Crippen LogP contribution is 2.56. The molecule has 352 valence electrons. The minimum absolute atomic E-state index is 0.0315. The number of aliphatic hydroxyl groups excluding tert-OH is 1. The minimum Gasteiger partial charge on any atom is -0.488 e. The van der Waals surface area contributed by atoms with E-state index in [0.717, 1.165) is 60.9 Å². The quantitative estimate of drug-likeness (QED) is 0.0817. The third kappa shape index (κ3) is 8.59. The normalized spacial score (nSPS) is 23.2. The van der Waals surface area contributed by atoms with Gasteiger partial charge in [0.25, 0.3) is 0 Å². The summed E-state index contributed by atoms with van der Waals surface area (Å²) in [5.74, 6) is -4.62. The Balaban J connectivity index is 0.856. The van der Waals surface area contributed by atoms with Gasteiger partial charge < -0.3 is 35.8 Å². The lowest BCUT2D eigenvalue weighted by molar-refractivity contribution is -0.134. The number of carbonyl (C=O) groups excluding carboxylic acids is 4. The second kappa shape index (κ2) is 18.9. The number of aromatic nitrogens is 2. The van der Waals surface area contributed by atoms with E-state index in [-0.39, 0.29) is 90.1 Å². The number of halogens is 3. The van der Waals surface area contributed by atoms with Crippen LogP contribution in [0.25, 0.3) is 22.0 Å². The number of para-hydroxylation sites is 1. The smallest absolute Gasteiger partial charge is 0.249 e. The van der Waals surface area contributed by atoms with Crippen molar-refractivity contribution < 1.29 is 42.5 Å². The van der Waals surface area contributed by atoms with Gasteiger partial charge in [0.15, 0.2) is 17.2 Å². The first-order valence-electron chi connectivity index (χ1n) is 23.0. The predicted octanol–water partition coefficient (Wildman–Crippen LogP) is 6.49. The Morgan fingerprint density at radius 2 is 1.73 bits per heavy atom. The fourth-order valence-electron chi connectivity index (χ4n) is 10.7.